The molecular weight excluding hydrogens is 236 g/mol. The summed E-state index contributed by atoms with van der Waals surface area (Å²) in [7, 11) is 0. The average Bonchev–Trinajstić information content (AvgIpc) is 2.31. The molecule has 0 bridgehead atoms. The molecule has 0 aliphatic heterocycles. The minimum absolute atomic E-state index is 0.00722. The first-order chi connectivity index (χ1) is 8.00. The predicted molar refractivity (Wildman–Crippen MR) is 50.9 cm³/mol. The zero-order chi connectivity index (χ0) is 12.6. The van der Waals surface area contributed by atoms with Gasteiger partial charge in [0.15, 0.2) is 5.82 Å². The molecule has 0 aliphatic carbocycles. The van der Waals surface area contributed by atoms with Crippen molar-refractivity contribution >= 4 is 0 Å². The highest BCUT2D eigenvalue weighted by Gasteiger charge is 2.21. The number of pyridine rings is 2. The van der Waals surface area contributed by atoms with Crippen LogP contribution in [0.15, 0.2) is 12.3 Å². The van der Waals surface area contributed by atoms with Crippen LogP contribution in [0.25, 0.3) is 11.3 Å². The summed E-state index contributed by atoms with van der Waals surface area (Å²) in [6, 6.07) is 3.84. The van der Waals surface area contributed by atoms with Gasteiger partial charge in [-0.3, -0.25) is 4.98 Å². The lowest BCUT2D eigenvalue weighted by Crippen LogP contribution is -2.03. The smallest absolute Gasteiger partial charge is 0.252 e. The van der Waals surface area contributed by atoms with E-state index in [1.165, 1.54) is 12.3 Å². The number of halogens is 4. The largest absolute Gasteiger partial charge is 0.261 e. The standard InChI is InChI=1S/C11H5F4N2/c1-5-4-6(2-3-16-5)10-8(13)7(12)9(14)11(15)17-10/h2-3H,1H3. The number of aryl methyl sites for hydroxylation is 1. The topological polar surface area (TPSA) is 25.8 Å². The Kier molecular flexibility index (Phi) is 2.79. The number of hydrogen-bond donors (Lipinski definition) is 0. The third-order valence-corrected chi connectivity index (χ3v) is 2.06. The molecule has 0 saturated carbocycles. The summed E-state index contributed by atoms with van der Waals surface area (Å²) in [6.45, 7) is 1.57. The molecule has 0 aromatic carbocycles. The van der Waals surface area contributed by atoms with E-state index in [2.05, 4.69) is 16.0 Å². The Labute approximate surface area is 94.0 Å². The van der Waals surface area contributed by atoms with Crippen molar-refractivity contribution < 1.29 is 17.6 Å². The fraction of sp³-hybridized carbons (Fsp3) is 0.0909. The van der Waals surface area contributed by atoms with Crippen LogP contribution in [0.3, 0.4) is 0 Å². The molecule has 2 aromatic heterocycles. The van der Waals surface area contributed by atoms with Gasteiger partial charge in [-0.1, -0.05) is 0 Å². The summed E-state index contributed by atoms with van der Waals surface area (Å²) in [6.07, 6.45) is 1.31. The molecule has 0 fully saturated rings. The summed E-state index contributed by atoms with van der Waals surface area (Å²) < 4.78 is 51.9. The van der Waals surface area contributed by atoms with Crippen molar-refractivity contribution in [2.24, 2.45) is 0 Å². The Hall–Kier alpha value is -1.98. The first-order valence-electron chi connectivity index (χ1n) is 4.56. The number of hydrogen-bond acceptors (Lipinski definition) is 2. The Bertz CT molecular complexity index is 584. The second kappa shape index (κ2) is 4.12. The normalized spacial score (nSPS) is 10.6. The van der Waals surface area contributed by atoms with Crippen molar-refractivity contribution in [3.8, 4) is 11.3 Å². The van der Waals surface area contributed by atoms with Gasteiger partial charge < -0.3 is 0 Å². The second-order valence-electron chi connectivity index (χ2n) is 3.26. The van der Waals surface area contributed by atoms with Gasteiger partial charge in [0.1, 0.15) is 5.69 Å². The highest BCUT2D eigenvalue weighted by atomic mass is 19.2. The SMILES string of the molecule is Cc1[c]c(-c2nc(F)c(F)c(F)c2F)ccn1. The van der Waals surface area contributed by atoms with Crippen molar-refractivity contribution in [2.45, 2.75) is 6.92 Å². The Balaban J connectivity index is 2.68. The Morgan fingerprint density at radius 2 is 1.76 bits per heavy atom. The van der Waals surface area contributed by atoms with Gasteiger partial charge in [-0.15, -0.1) is 0 Å². The Morgan fingerprint density at radius 3 is 2.41 bits per heavy atom. The first-order valence-corrected chi connectivity index (χ1v) is 4.56. The van der Waals surface area contributed by atoms with Gasteiger partial charge in [0.05, 0.1) is 0 Å². The molecule has 0 unspecified atom stereocenters. The summed E-state index contributed by atoms with van der Waals surface area (Å²) in [4.78, 5) is 6.82. The lowest BCUT2D eigenvalue weighted by molar-refractivity contribution is 0.393. The molecule has 17 heavy (non-hydrogen) atoms. The lowest BCUT2D eigenvalue weighted by atomic mass is 10.1. The molecule has 1 radical (unpaired) electrons. The van der Waals surface area contributed by atoms with Gasteiger partial charge >= 0.3 is 0 Å². The maximum Gasteiger partial charge on any atom is 0.252 e. The minimum Gasteiger partial charge on any atom is -0.261 e. The highest BCUT2D eigenvalue weighted by molar-refractivity contribution is 5.59. The molecule has 0 atom stereocenters. The predicted octanol–water partition coefficient (Wildman–Crippen LogP) is 2.81. The molecule has 0 amide bonds. The van der Waals surface area contributed by atoms with E-state index in [4.69, 9.17) is 0 Å². The van der Waals surface area contributed by atoms with E-state index >= 15 is 0 Å². The zero-order valence-corrected chi connectivity index (χ0v) is 8.56. The van der Waals surface area contributed by atoms with Crippen LogP contribution in [-0.4, -0.2) is 9.97 Å². The van der Waals surface area contributed by atoms with Crippen LogP contribution in [0.4, 0.5) is 17.6 Å². The minimum atomic E-state index is -1.93. The molecule has 0 saturated heterocycles. The molecule has 6 heteroatoms. The van der Waals surface area contributed by atoms with Crippen LogP contribution in [0, 0.1) is 36.4 Å². The van der Waals surface area contributed by atoms with E-state index in [1.807, 2.05) is 0 Å². The maximum absolute atomic E-state index is 13.4. The fourth-order valence-corrected chi connectivity index (χ4v) is 1.30. The lowest BCUT2D eigenvalue weighted by Gasteiger charge is -2.04. The Morgan fingerprint density at radius 1 is 1.06 bits per heavy atom. The quantitative estimate of drug-likeness (QED) is 0.566. The van der Waals surface area contributed by atoms with Crippen molar-refractivity contribution in [3.63, 3.8) is 0 Å². The highest BCUT2D eigenvalue weighted by Crippen LogP contribution is 2.24. The van der Waals surface area contributed by atoms with Crippen LogP contribution < -0.4 is 0 Å². The fourth-order valence-electron chi connectivity index (χ4n) is 1.30. The van der Waals surface area contributed by atoms with Crippen molar-refractivity contribution in [1.29, 1.82) is 0 Å². The van der Waals surface area contributed by atoms with Crippen molar-refractivity contribution in [1.82, 2.24) is 9.97 Å². The molecule has 2 heterocycles. The number of nitrogens with zero attached hydrogens (tertiary/aromatic N) is 2. The van der Waals surface area contributed by atoms with E-state index in [-0.39, 0.29) is 5.56 Å². The molecule has 0 N–H and O–H groups in total. The van der Waals surface area contributed by atoms with Gasteiger partial charge in [0.25, 0.3) is 5.95 Å². The van der Waals surface area contributed by atoms with E-state index in [9.17, 15) is 17.6 Å². The molecule has 2 aromatic rings. The monoisotopic (exact) mass is 241 g/mol. The molecule has 0 spiro atoms. The summed E-state index contributed by atoms with van der Waals surface area (Å²) in [5, 5.41) is 0. The van der Waals surface area contributed by atoms with Gasteiger partial charge in [-0.2, -0.15) is 8.78 Å². The van der Waals surface area contributed by atoms with E-state index in [1.54, 1.807) is 6.92 Å². The molecule has 0 aliphatic rings. The zero-order valence-electron chi connectivity index (χ0n) is 8.56. The molecule has 2 rings (SSSR count). The van der Waals surface area contributed by atoms with Crippen LogP contribution in [0.5, 0.6) is 0 Å². The molecular formula is C11H5F4N2. The van der Waals surface area contributed by atoms with Crippen LogP contribution in [0.1, 0.15) is 5.69 Å². The van der Waals surface area contributed by atoms with Crippen LogP contribution in [-0.2, 0) is 0 Å². The first kappa shape index (κ1) is 11.5. The maximum atomic E-state index is 13.4. The van der Waals surface area contributed by atoms with E-state index in [0.29, 0.717) is 5.69 Å². The van der Waals surface area contributed by atoms with Crippen molar-refractivity contribution in [3.05, 3.63) is 47.4 Å². The number of rotatable bonds is 1. The van der Waals surface area contributed by atoms with E-state index < -0.39 is 29.1 Å². The molecule has 2 nitrogen and oxygen atoms in total. The van der Waals surface area contributed by atoms with E-state index in [0.717, 1.165) is 0 Å². The third kappa shape index (κ3) is 1.98. The summed E-state index contributed by atoms with van der Waals surface area (Å²) in [5.74, 6) is -7.07. The van der Waals surface area contributed by atoms with Crippen LogP contribution >= 0.6 is 0 Å². The van der Waals surface area contributed by atoms with Gasteiger partial charge in [0, 0.05) is 23.5 Å². The van der Waals surface area contributed by atoms with Gasteiger partial charge in [0.2, 0.25) is 11.6 Å². The summed E-state index contributed by atoms with van der Waals surface area (Å²) in [5.41, 5.74) is -0.228. The van der Waals surface area contributed by atoms with Crippen molar-refractivity contribution in [2.75, 3.05) is 0 Å². The second-order valence-corrected chi connectivity index (χ2v) is 3.26. The average molecular weight is 241 g/mol. The van der Waals surface area contributed by atoms with Crippen LogP contribution in [0.2, 0.25) is 0 Å². The number of aromatic nitrogens is 2. The summed E-state index contributed by atoms with van der Waals surface area (Å²) >= 11 is 0. The van der Waals surface area contributed by atoms with Gasteiger partial charge in [-0.25, -0.2) is 13.8 Å². The molecule has 87 valence electrons. The third-order valence-electron chi connectivity index (χ3n) is 2.06. The van der Waals surface area contributed by atoms with Gasteiger partial charge in [-0.05, 0) is 13.0 Å².